The molecule has 0 fully saturated rings. The van der Waals surface area contributed by atoms with E-state index in [1.54, 1.807) is 5.57 Å². The van der Waals surface area contributed by atoms with Crippen LogP contribution in [-0.2, 0) is 0 Å². The number of allylic oxidation sites excluding steroid dienone is 2. The third-order valence-corrected chi connectivity index (χ3v) is 2.07. The van der Waals surface area contributed by atoms with Crippen molar-refractivity contribution in [1.82, 2.24) is 0 Å². The maximum absolute atomic E-state index is 10.4. The molecule has 0 radical (unpaired) electrons. The Morgan fingerprint density at radius 2 is 1.71 bits per heavy atom. The first-order valence-corrected chi connectivity index (χ1v) is 5.06. The fraction of sp³-hybridized carbons (Fsp3) is 0.818. The van der Waals surface area contributed by atoms with Crippen molar-refractivity contribution in [3.63, 3.8) is 0 Å². The summed E-state index contributed by atoms with van der Waals surface area (Å²) < 4.78 is 31.1. The Labute approximate surface area is 84.2 Å². The van der Waals surface area contributed by atoms with Crippen molar-refractivity contribution in [3.05, 3.63) is 11.6 Å². The van der Waals surface area contributed by atoms with Crippen molar-refractivity contribution >= 4 is 0 Å². The van der Waals surface area contributed by atoms with Crippen molar-refractivity contribution in [2.75, 3.05) is 0 Å². The van der Waals surface area contributed by atoms with E-state index in [0.29, 0.717) is 0 Å². The molecule has 1 aliphatic carbocycles. The maximum atomic E-state index is 10.4. The second kappa shape index (κ2) is 6.10. The van der Waals surface area contributed by atoms with E-state index in [1.165, 1.54) is 25.7 Å². The summed E-state index contributed by atoms with van der Waals surface area (Å²) in [4.78, 5) is 0. The Balaban J connectivity index is 0.000000292. The lowest BCUT2D eigenvalue weighted by molar-refractivity contribution is -0.110. The fourth-order valence-corrected chi connectivity index (χ4v) is 1.39. The second-order valence-corrected chi connectivity index (χ2v) is 3.96. The summed E-state index contributed by atoms with van der Waals surface area (Å²) in [5.74, 6) is 0.797. The van der Waals surface area contributed by atoms with Crippen LogP contribution in [0.1, 0.15) is 46.5 Å². The van der Waals surface area contributed by atoms with Crippen LogP contribution in [0.25, 0.3) is 0 Å². The van der Waals surface area contributed by atoms with Gasteiger partial charge in [0.1, 0.15) is 0 Å². The van der Waals surface area contributed by atoms with E-state index in [4.69, 9.17) is 0 Å². The minimum atomic E-state index is -4.00. The van der Waals surface area contributed by atoms with Crippen LogP contribution in [0, 0.1) is 5.92 Å². The number of halogens is 3. The van der Waals surface area contributed by atoms with Gasteiger partial charge in [-0.25, -0.2) is 0 Å². The molecule has 0 N–H and O–H groups in total. The van der Waals surface area contributed by atoms with E-state index in [-0.39, 0.29) is 6.92 Å². The zero-order valence-electron chi connectivity index (χ0n) is 9.12. The molecule has 0 aliphatic heterocycles. The molecule has 0 nitrogen and oxygen atoms in total. The number of rotatable bonds is 1. The summed E-state index contributed by atoms with van der Waals surface area (Å²) >= 11 is 0. The minimum absolute atomic E-state index is 0.188. The van der Waals surface area contributed by atoms with Crippen molar-refractivity contribution in [2.45, 2.75) is 52.6 Å². The highest BCUT2D eigenvalue weighted by molar-refractivity contribution is 5.06. The van der Waals surface area contributed by atoms with E-state index < -0.39 is 6.18 Å². The third-order valence-electron chi connectivity index (χ3n) is 2.07. The monoisotopic (exact) mass is 208 g/mol. The van der Waals surface area contributed by atoms with Gasteiger partial charge in [0.25, 0.3) is 0 Å². The molecule has 0 heterocycles. The van der Waals surface area contributed by atoms with Gasteiger partial charge < -0.3 is 0 Å². The zero-order valence-corrected chi connectivity index (χ0v) is 9.12. The molecule has 0 amide bonds. The molecule has 0 bridgehead atoms. The van der Waals surface area contributed by atoms with Gasteiger partial charge in [-0.05, 0) is 31.6 Å². The van der Waals surface area contributed by atoms with E-state index in [2.05, 4.69) is 19.9 Å². The van der Waals surface area contributed by atoms with Crippen LogP contribution in [0.5, 0.6) is 0 Å². The van der Waals surface area contributed by atoms with Crippen LogP contribution in [0.4, 0.5) is 13.2 Å². The molecule has 0 aromatic rings. The van der Waals surface area contributed by atoms with Gasteiger partial charge in [0.15, 0.2) is 0 Å². The molecule has 1 rings (SSSR count). The molecule has 0 unspecified atom stereocenters. The normalized spacial score (nSPS) is 17.2. The number of hydrogen-bond acceptors (Lipinski definition) is 0. The van der Waals surface area contributed by atoms with Gasteiger partial charge in [0.2, 0.25) is 0 Å². The van der Waals surface area contributed by atoms with Crippen LogP contribution in [0.2, 0.25) is 0 Å². The topological polar surface area (TPSA) is 0 Å². The summed E-state index contributed by atoms with van der Waals surface area (Å²) in [5.41, 5.74) is 1.68. The molecular weight excluding hydrogens is 189 g/mol. The van der Waals surface area contributed by atoms with E-state index in [0.717, 1.165) is 5.92 Å². The first kappa shape index (κ1) is 13.5. The van der Waals surface area contributed by atoms with Gasteiger partial charge in [-0.3, -0.25) is 0 Å². The molecule has 0 aromatic heterocycles. The van der Waals surface area contributed by atoms with E-state index >= 15 is 0 Å². The fourth-order valence-electron chi connectivity index (χ4n) is 1.39. The van der Waals surface area contributed by atoms with E-state index in [1.807, 2.05) is 0 Å². The predicted octanol–water partition coefficient (Wildman–Crippen LogP) is 4.71. The van der Waals surface area contributed by atoms with Crippen LogP contribution >= 0.6 is 0 Å². The lowest BCUT2D eigenvalue weighted by Crippen LogP contribution is -1.98. The molecule has 3 heteroatoms. The van der Waals surface area contributed by atoms with Crippen molar-refractivity contribution in [2.24, 2.45) is 5.92 Å². The Kier molecular flexibility index (Phi) is 5.89. The minimum Gasteiger partial charge on any atom is -0.172 e. The highest BCUT2D eigenvalue weighted by Gasteiger charge is 2.15. The smallest absolute Gasteiger partial charge is 0.172 e. The van der Waals surface area contributed by atoms with Crippen LogP contribution in [0.15, 0.2) is 11.6 Å². The Morgan fingerprint density at radius 1 is 1.21 bits per heavy atom. The van der Waals surface area contributed by atoms with Crippen LogP contribution < -0.4 is 0 Å². The van der Waals surface area contributed by atoms with Crippen LogP contribution in [0.3, 0.4) is 0 Å². The lowest BCUT2D eigenvalue weighted by Gasteiger charge is -2.15. The number of hydrogen-bond donors (Lipinski definition) is 0. The highest BCUT2D eigenvalue weighted by Crippen LogP contribution is 2.23. The number of alkyl halides is 3. The standard InChI is InChI=1S/C9H16.C2H3F3/c1-8(2)9-6-4-3-5-7-9;1-2(3,4)5/h6,8H,3-5,7H2,1-2H3;1H3. The maximum Gasteiger partial charge on any atom is 0.386 e. The summed E-state index contributed by atoms with van der Waals surface area (Å²) in [6.45, 7) is 4.77. The largest absolute Gasteiger partial charge is 0.386 e. The van der Waals surface area contributed by atoms with Crippen molar-refractivity contribution in [1.29, 1.82) is 0 Å². The molecule has 0 atom stereocenters. The third kappa shape index (κ3) is 9.62. The molecule has 0 aromatic carbocycles. The van der Waals surface area contributed by atoms with Crippen molar-refractivity contribution in [3.8, 4) is 0 Å². The van der Waals surface area contributed by atoms with Gasteiger partial charge >= 0.3 is 6.18 Å². The van der Waals surface area contributed by atoms with Crippen LogP contribution in [-0.4, -0.2) is 6.18 Å². The molecule has 1 aliphatic rings. The van der Waals surface area contributed by atoms with Crippen molar-refractivity contribution < 1.29 is 13.2 Å². The summed E-state index contributed by atoms with van der Waals surface area (Å²) in [6.07, 6.45) is 3.94. The summed E-state index contributed by atoms with van der Waals surface area (Å²) in [5, 5.41) is 0. The zero-order chi connectivity index (χ0) is 11.2. The lowest BCUT2D eigenvalue weighted by atomic mass is 9.92. The summed E-state index contributed by atoms with van der Waals surface area (Å²) in [6, 6.07) is 0. The molecular formula is C11H19F3. The van der Waals surface area contributed by atoms with Gasteiger partial charge in [0.05, 0.1) is 0 Å². The Bertz CT molecular complexity index is 171. The highest BCUT2D eigenvalue weighted by atomic mass is 19.4. The Hall–Kier alpha value is -0.470. The molecule has 0 saturated carbocycles. The Morgan fingerprint density at radius 3 is 1.93 bits per heavy atom. The predicted molar refractivity (Wildman–Crippen MR) is 53.1 cm³/mol. The first-order valence-electron chi connectivity index (χ1n) is 5.06. The molecule has 0 saturated heterocycles. The molecule has 14 heavy (non-hydrogen) atoms. The quantitative estimate of drug-likeness (QED) is 0.547. The SMILES string of the molecule is CC(C)C1=CCCCC1.CC(F)(F)F. The van der Waals surface area contributed by atoms with Gasteiger partial charge in [0, 0.05) is 6.92 Å². The van der Waals surface area contributed by atoms with Gasteiger partial charge in [-0.2, -0.15) is 13.2 Å². The van der Waals surface area contributed by atoms with Gasteiger partial charge in [-0.1, -0.05) is 25.5 Å². The van der Waals surface area contributed by atoms with E-state index in [9.17, 15) is 13.2 Å². The average molecular weight is 208 g/mol. The van der Waals surface area contributed by atoms with Gasteiger partial charge in [-0.15, -0.1) is 0 Å². The average Bonchev–Trinajstić information content (AvgIpc) is 2.03. The molecule has 84 valence electrons. The first-order chi connectivity index (χ1) is 6.30. The second-order valence-electron chi connectivity index (χ2n) is 3.96. The summed E-state index contributed by atoms with van der Waals surface area (Å²) in [7, 11) is 0. The molecule has 0 spiro atoms.